The molecule has 1 N–H and O–H groups in total. The molecule has 1 aromatic carbocycles. The number of carbonyl (C=O) groups excluding carboxylic acids is 1. The van der Waals surface area contributed by atoms with Crippen LogP contribution in [0.15, 0.2) is 22.7 Å². The average Bonchev–Trinajstić information content (AvgIpc) is 3.12. The van der Waals surface area contributed by atoms with Gasteiger partial charge in [-0.3, -0.25) is 4.79 Å². The lowest BCUT2D eigenvalue weighted by molar-refractivity contribution is -0.274. The first-order chi connectivity index (χ1) is 9.33. The number of nitrogens with one attached hydrogen (secondary N) is 1. The third-order valence-corrected chi connectivity index (χ3v) is 3.06. The number of hydrogen-bond donors (Lipinski definition) is 1. The van der Waals surface area contributed by atoms with Crippen LogP contribution >= 0.6 is 15.9 Å². The van der Waals surface area contributed by atoms with Gasteiger partial charge in [-0.2, -0.15) is 0 Å². The minimum atomic E-state index is -4.75. The zero-order valence-corrected chi connectivity index (χ0v) is 11.8. The van der Waals surface area contributed by atoms with Gasteiger partial charge in [0, 0.05) is 6.04 Å². The van der Waals surface area contributed by atoms with E-state index < -0.39 is 6.36 Å². The average molecular weight is 354 g/mol. The first kappa shape index (κ1) is 15.0. The van der Waals surface area contributed by atoms with Crippen molar-refractivity contribution in [2.75, 3.05) is 6.61 Å². The number of alkyl halides is 3. The maximum atomic E-state index is 12.1. The molecule has 0 aromatic heterocycles. The fraction of sp³-hybridized carbons (Fsp3) is 0.417. The van der Waals surface area contributed by atoms with Crippen LogP contribution in [0.4, 0.5) is 13.2 Å². The Hall–Kier alpha value is -1.44. The minimum absolute atomic E-state index is 0.0925. The van der Waals surface area contributed by atoms with Gasteiger partial charge in [0.1, 0.15) is 11.5 Å². The molecule has 1 fully saturated rings. The first-order valence-corrected chi connectivity index (χ1v) is 6.60. The molecule has 8 heteroatoms. The molecule has 0 saturated heterocycles. The van der Waals surface area contributed by atoms with Gasteiger partial charge in [0.05, 0.1) is 4.47 Å². The van der Waals surface area contributed by atoms with Gasteiger partial charge < -0.3 is 14.8 Å². The number of benzene rings is 1. The Morgan fingerprint density at radius 2 is 2.10 bits per heavy atom. The largest absolute Gasteiger partial charge is 0.573 e. The van der Waals surface area contributed by atoms with Crippen molar-refractivity contribution >= 4 is 21.8 Å². The molecule has 0 atom stereocenters. The van der Waals surface area contributed by atoms with Gasteiger partial charge in [-0.1, -0.05) is 0 Å². The molecule has 4 nitrogen and oxygen atoms in total. The van der Waals surface area contributed by atoms with Gasteiger partial charge in [-0.15, -0.1) is 13.2 Å². The van der Waals surface area contributed by atoms with Crippen molar-refractivity contribution in [3.63, 3.8) is 0 Å². The van der Waals surface area contributed by atoms with Crippen molar-refractivity contribution < 1.29 is 27.4 Å². The number of ether oxygens (including phenoxy) is 2. The van der Waals surface area contributed by atoms with Crippen LogP contribution in [0.1, 0.15) is 12.8 Å². The van der Waals surface area contributed by atoms with Crippen LogP contribution in [0.2, 0.25) is 0 Å². The molecule has 0 bridgehead atoms. The molecule has 1 aliphatic carbocycles. The fourth-order valence-corrected chi connectivity index (χ4v) is 1.86. The maximum Gasteiger partial charge on any atom is 0.573 e. The summed E-state index contributed by atoms with van der Waals surface area (Å²) in [5.74, 6) is -0.344. The van der Waals surface area contributed by atoms with E-state index in [1.165, 1.54) is 12.1 Å². The molecule has 2 rings (SSSR count). The Labute approximate surface area is 121 Å². The summed E-state index contributed by atoms with van der Waals surface area (Å²) in [6, 6.07) is 3.97. The van der Waals surface area contributed by atoms with Gasteiger partial charge >= 0.3 is 6.36 Å². The highest BCUT2D eigenvalue weighted by atomic mass is 79.9. The second-order valence-electron chi connectivity index (χ2n) is 4.27. The van der Waals surface area contributed by atoms with Crippen molar-refractivity contribution in [2.45, 2.75) is 25.2 Å². The molecule has 1 aliphatic rings. The van der Waals surface area contributed by atoms with E-state index in [1.54, 1.807) is 0 Å². The lowest BCUT2D eigenvalue weighted by atomic mass is 10.3. The van der Waals surface area contributed by atoms with Crippen molar-refractivity contribution in [1.82, 2.24) is 5.32 Å². The van der Waals surface area contributed by atoms with E-state index in [2.05, 4.69) is 26.0 Å². The number of hydrogen-bond acceptors (Lipinski definition) is 3. The van der Waals surface area contributed by atoms with E-state index in [0.717, 1.165) is 18.9 Å². The van der Waals surface area contributed by atoms with E-state index in [-0.39, 0.29) is 34.5 Å². The molecule has 1 amide bonds. The number of rotatable bonds is 5. The van der Waals surface area contributed by atoms with Crippen LogP contribution in [-0.4, -0.2) is 24.9 Å². The number of carbonyl (C=O) groups is 1. The van der Waals surface area contributed by atoms with Crippen LogP contribution in [0.25, 0.3) is 0 Å². The summed E-state index contributed by atoms with van der Waals surface area (Å²) < 4.78 is 45.3. The van der Waals surface area contributed by atoms with E-state index >= 15 is 0 Å². The molecule has 0 radical (unpaired) electrons. The SMILES string of the molecule is O=C(COc1ccc(OC(F)(F)F)c(Br)c1)NC1CC1. The summed E-state index contributed by atoms with van der Waals surface area (Å²) >= 11 is 2.95. The number of amides is 1. The molecule has 1 aromatic rings. The molecular weight excluding hydrogens is 343 g/mol. The normalized spacial score (nSPS) is 14.8. The topological polar surface area (TPSA) is 47.6 Å². The van der Waals surface area contributed by atoms with E-state index in [0.29, 0.717) is 0 Å². The van der Waals surface area contributed by atoms with E-state index in [9.17, 15) is 18.0 Å². The van der Waals surface area contributed by atoms with E-state index in [1.807, 2.05) is 0 Å². The molecule has 0 heterocycles. The predicted octanol–water partition coefficient (Wildman–Crippen LogP) is 3.01. The summed E-state index contributed by atoms with van der Waals surface area (Å²) in [4.78, 5) is 11.4. The van der Waals surface area contributed by atoms with E-state index in [4.69, 9.17) is 4.74 Å². The third kappa shape index (κ3) is 4.92. The summed E-state index contributed by atoms with van der Waals surface area (Å²) in [6.45, 7) is -0.178. The molecule has 20 heavy (non-hydrogen) atoms. The van der Waals surface area contributed by atoms with Gasteiger partial charge in [-0.05, 0) is 47.0 Å². The monoisotopic (exact) mass is 353 g/mol. The molecule has 1 saturated carbocycles. The predicted molar refractivity (Wildman–Crippen MR) is 67.5 cm³/mol. The summed E-state index contributed by atoms with van der Waals surface area (Å²) in [7, 11) is 0. The van der Waals surface area contributed by atoms with Crippen LogP contribution < -0.4 is 14.8 Å². The van der Waals surface area contributed by atoms with Crippen LogP contribution in [0, 0.1) is 0 Å². The van der Waals surface area contributed by atoms with Gasteiger partial charge in [0.2, 0.25) is 0 Å². The van der Waals surface area contributed by atoms with Gasteiger partial charge in [0.25, 0.3) is 5.91 Å². The Morgan fingerprint density at radius 3 is 2.65 bits per heavy atom. The highest BCUT2D eigenvalue weighted by molar-refractivity contribution is 9.10. The van der Waals surface area contributed by atoms with Crippen molar-refractivity contribution in [1.29, 1.82) is 0 Å². The highest BCUT2D eigenvalue weighted by Gasteiger charge is 2.32. The fourth-order valence-electron chi connectivity index (χ4n) is 1.42. The lowest BCUT2D eigenvalue weighted by Crippen LogP contribution is -2.30. The van der Waals surface area contributed by atoms with Crippen LogP contribution in [0.3, 0.4) is 0 Å². The molecule has 0 aliphatic heterocycles. The summed E-state index contributed by atoms with van der Waals surface area (Å²) in [6.07, 6.45) is -2.81. The van der Waals surface area contributed by atoms with Crippen LogP contribution in [0.5, 0.6) is 11.5 Å². The zero-order chi connectivity index (χ0) is 14.8. The second kappa shape index (κ2) is 5.90. The zero-order valence-electron chi connectivity index (χ0n) is 10.2. The van der Waals surface area contributed by atoms with Crippen LogP contribution in [-0.2, 0) is 4.79 Å². The molecule has 110 valence electrons. The molecular formula is C12H11BrF3NO3. The molecule has 0 spiro atoms. The van der Waals surface area contributed by atoms with Crippen molar-refractivity contribution in [3.05, 3.63) is 22.7 Å². The Balaban J connectivity index is 1.89. The van der Waals surface area contributed by atoms with Crippen molar-refractivity contribution in [2.24, 2.45) is 0 Å². The summed E-state index contributed by atoms with van der Waals surface area (Å²) in [5, 5.41) is 2.73. The number of halogens is 4. The van der Waals surface area contributed by atoms with Gasteiger partial charge in [-0.25, -0.2) is 0 Å². The van der Waals surface area contributed by atoms with Gasteiger partial charge in [0.15, 0.2) is 6.61 Å². The Morgan fingerprint density at radius 1 is 1.40 bits per heavy atom. The Bertz CT molecular complexity index is 503. The highest BCUT2D eigenvalue weighted by Crippen LogP contribution is 2.33. The smallest absolute Gasteiger partial charge is 0.484 e. The maximum absolute atomic E-state index is 12.1. The second-order valence-corrected chi connectivity index (χ2v) is 5.12. The standard InChI is InChI=1S/C12H11BrF3NO3/c13-9-5-8(3-4-10(9)20-12(14,15)16)19-6-11(18)17-7-1-2-7/h3-5,7H,1-2,6H2,(H,17,18). The summed E-state index contributed by atoms with van der Waals surface area (Å²) in [5.41, 5.74) is 0. The molecule has 0 unspecified atom stereocenters. The third-order valence-electron chi connectivity index (χ3n) is 2.44. The minimum Gasteiger partial charge on any atom is -0.484 e. The first-order valence-electron chi connectivity index (χ1n) is 5.81. The van der Waals surface area contributed by atoms with Crippen molar-refractivity contribution in [3.8, 4) is 11.5 Å². The Kier molecular flexibility index (Phi) is 4.42. The lowest BCUT2D eigenvalue weighted by Gasteiger charge is -2.12. The quantitative estimate of drug-likeness (QED) is 0.885.